The van der Waals surface area contributed by atoms with Gasteiger partial charge in [0, 0.05) is 16.5 Å². The molecule has 0 aliphatic heterocycles. The zero-order chi connectivity index (χ0) is 16.1. The summed E-state index contributed by atoms with van der Waals surface area (Å²) < 4.78 is 7.16. The van der Waals surface area contributed by atoms with Crippen molar-refractivity contribution in [3.05, 3.63) is 64.5 Å². The molecular weight excluding hydrogens is 310 g/mol. The number of thiophene rings is 1. The molecule has 0 spiro atoms. The van der Waals surface area contributed by atoms with Crippen molar-refractivity contribution in [2.24, 2.45) is 0 Å². The van der Waals surface area contributed by atoms with Crippen molar-refractivity contribution in [1.29, 1.82) is 0 Å². The Bertz CT molecular complexity index is 764. The minimum atomic E-state index is -0.166. The van der Waals surface area contributed by atoms with Gasteiger partial charge in [-0.05, 0) is 42.6 Å². The first-order valence-electron chi connectivity index (χ1n) is 7.34. The summed E-state index contributed by atoms with van der Waals surface area (Å²) in [5.41, 5.74) is 0.581. The Kier molecular flexibility index (Phi) is 4.73. The summed E-state index contributed by atoms with van der Waals surface area (Å²) in [5, 5.41) is 9.19. The number of benzene rings is 1. The van der Waals surface area contributed by atoms with Crippen LogP contribution in [0.4, 0.5) is 5.82 Å². The van der Waals surface area contributed by atoms with Gasteiger partial charge < -0.3 is 10.1 Å². The summed E-state index contributed by atoms with van der Waals surface area (Å²) in [6.45, 7) is 3.17. The molecule has 3 rings (SSSR count). The lowest BCUT2D eigenvalue weighted by atomic mass is 10.2. The predicted molar refractivity (Wildman–Crippen MR) is 91.2 cm³/mol. The van der Waals surface area contributed by atoms with Crippen LogP contribution < -0.4 is 10.1 Å². The summed E-state index contributed by atoms with van der Waals surface area (Å²) in [6, 6.07) is 12.9. The first-order chi connectivity index (χ1) is 11.3. The third kappa shape index (κ3) is 3.78. The van der Waals surface area contributed by atoms with E-state index in [1.54, 1.807) is 52.5 Å². The van der Waals surface area contributed by atoms with E-state index in [0.717, 1.165) is 5.75 Å². The molecule has 6 heteroatoms. The highest BCUT2D eigenvalue weighted by molar-refractivity contribution is 7.09. The number of anilines is 1. The van der Waals surface area contributed by atoms with Crippen molar-refractivity contribution < 1.29 is 9.53 Å². The Hall–Kier alpha value is -2.60. The van der Waals surface area contributed by atoms with Gasteiger partial charge in [0.25, 0.3) is 5.91 Å². The lowest BCUT2D eigenvalue weighted by molar-refractivity contribution is 0.102. The Balaban J connectivity index is 1.69. The number of carbonyl (C=O) groups excluding carboxylic acids is 1. The van der Waals surface area contributed by atoms with Crippen molar-refractivity contribution in [3.63, 3.8) is 0 Å². The third-order valence-electron chi connectivity index (χ3n) is 3.27. The molecule has 0 bridgehead atoms. The van der Waals surface area contributed by atoms with Gasteiger partial charge in [-0.1, -0.05) is 6.07 Å². The highest BCUT2D eigenvalue weighted by atomic mass is 32.1. The van der Waals surface area contributed by atoms with Crippen molar-refractivity contribution >= 4 is 23.1 Å². The molecular formula is C17H17N3O2S. The molecule has 2 heterocycles. The molecule has 0 saturated carbocycles. The summed E-state index contributed by atoms with van der Waals surface area (Å²) >= 11 is 1.66. The van der Waals surface area contributed by atoms with E-state index in [9.17, 15) is 4.79 Å². The fourth-order valence-electron chi connectivity index (χ4n) is 2.17. The van der Waals surface area contributed by atoms with Crippen molar-refractivity contribution in [2.45, 2.75) is 13.5 Å². The van der Waals surface area contributed by atoms with E-state index in [1.165, 1.54) is 4.88 Å². The number of ether oxygens (including phenoxy) is 1. The second-order valence-electron chi connectivity index (χ2n) is 4.86. The van der Waals surface area contributed by atoms with Crippen LogP contribution >= 0.6 is 11.3 Å². The molecule has 0 atom stereocenters. The SMILES string of the molecule is CCOc1ccc(C(=O)Nc2ccnn2Cc2cccs2)cc1. The molecule has 1 amide bonds. The molecule has 0 radical (unpaired) electrons. The topological polar surface area (TPSA) is 56.1 Å². The highest BCUT2D eigenvalue weighted by Crippen LogP contribution is 2.16. The predicted octanol–water partition coefficient (Wildman–Crippen LogP) is 3.64. The van der Waals surface area contributed by atoms with Gasteiger partial charge in [-0.25, -0.2) is 4.68 Å². The van der Waals surface area contributed by atoms with E-state index < -0.39 is 0 Å². The number of nitrogens with one attached hydrogen (secondary N) is 1. The Labute approximate surface area is 138 Å². The first-order valence-corrected chi connectivity index (χ1v) is 8.22. The van der Waals surface area contributed by atoms with E-state index in [2.05, 4.69) is 10.4 Å². The van der Waals surface area contributed by atoms with Crippen molar-refractivity contribution in [3.8, 4) is 5.75 Å². The minimum Gasteiger partial charge on any atom is -0.494 e. The molecule has 0 saturated heterocycles. The lowest BCUT2D eigenvalue weighted by Crippen LogP contribution is -2.16. The highest BCUT2D eigenvalue weighted by Gasteiger charge is 2.10. The molecule has 2 aromatic heterocycles. The number of amides is 1. The van der Waals surface area contributed by atoms with Crippen LogP contribution in [0, 0.1) is 0 Å². The van der Waals surface area contributed by atoms with E-state index in [1.807, 2.05) is 24.4 Å². The van der Waals surface area contributed by atoms with Crippen LogP contribution in [0.2, 0.25) is 0 Å². The summed E-state index contributed by atoms with van der Waals surface area (Å²) in [7, 11) is 0. The van der Waals surface area contributed by atoms with Gasteiger partial charge in [0.15, 0.2) is 0 Å². The number of carbonyl (C=O) groups is 1. The van der Waals surface area contributed by atoms with E-state index in [-0.39, 0.29) is 5.91 Å². The van der Waals surface area contributed by atoms with Crippen LogP contribution in [0.1, 0.15) is 22.2 Å². The monoisotopic (exact) mass is 327 g/mol. The molecule has 0 unspecified atom stereocenters. The summed E-state index contributed by atoms with van der Waals surface area (Å²) in [4.78, 5) is 13.5. The number of rotatable bonds is 6. The standard InChI is InChI=1S/C17H17N3O2S/c1-2-22-14-7-5-13(6-8-14)17(21)19-16-9-10-18-20(16)12-15-4-3-11-23-15/h3-11H,2,12H2,1H3,(H,19,21). The molecule has 3 aromatic rings. The van der Waals surface area contributed by atoms with Crippen LogP contribution in [0.3, 0.4) is 0 Å². The smallest absolute Gasteiger partial charge is 0.256 e. The lowest BCUT2D eigenvalue weighted by Gasteiger charge is -2.09. The molecule has 118 valence electrons. The maximum absolute atomic E-state index is 12.3. The maximum Gasteiger partial charge on any atom is 0.256 e. The maximum atomic E-state index is 12.3. The molecule has 1 aromatic carbocycles. The minimum absolute atomic E-state index is 0.166. The second kappa shape index (κ2) is 7.11. The fourth-order valence-corrected chi connectivity index (χ4v) is 2.86. The average molecular weight is 327 g/mol. The Morgan fingerprint density at radius 3 is 2.78 bits per heavy atom. The summed E-state index contributed by atoms with van der Waals surface area (Å²) in [5.74, 6) is 1.27. The van der Waals surface area contributed by atoms with Gasteiger partial charge in [0.05, 0.1) is 19.3 Å². The van der Waals surface area contributed by atoms with Crippen molar-refractivity contribution in [2.75, 3.05) is 11.9 Å². The molecule has 0 aliphatic carbocycles. The molecule has 5 nitrogen and oxygen atoms in total. The van der Waals surface area contributed by atoms with Gasteiger partial charge >= 0.3 is 0 Å². The van der Waals surface area contributed by atoms with Crippen LogP contribution in [-0.4, -0.2) is 22.3 Å². The van der Waals surface area contributed by atoms with Gasteiger partial charge in [0.1, 0.15) is 11.6 Å². The Morgan fingerprint density at radius 2 is 2.09 bits per heavy atom. The van der Waals surface area contributed by atoms with E-state index in [4.69, 9.17) is 4.74 Å². The van der Waals surface area contributed by atoms with Crippen LogP contribution in [0.25, 0.3) is 0 Å². The van der Waals surface area contributed by atoms with Gasteiger partial charge in [-0.3, -0.25) is 4.79 Å². The first kappa shape index (κ1) is 15.3. The van der Waals surface area contributed by atoms with E-state index in [0.29, 0.717) is 24.5 Å². The van der Waals surface area contributed by atoms with Gasteiger partial charge in [-0.2, -0.15) is 5.10 Å². The zero-order valence-corrected chi connectivity index (χ0v) is 13.5. The number of hydrogen-bond donors (Lipinski definition) is 1. The molecule has 1 N–H and O–H groups in total. The Morgan fingerprint density at radius 1 is 1.26 bits per heavy atom. The van der Waals surface area contributed by atoms with Crippen molar-refractivity contribution in [1.82, 2.24) is 9.78 Å². The zero-order valence-electron chi connectivity index (χ0n) is 12.7. The quantitative estimate of drug-likeness (QED) is 0.752. The van der Waals surface area contributed by atoms with Crippen LogP contribution in [0.5, 0.6) is 5.75 Å². The average Bonchev–Trinajstić information content (AvgIpc) is 3.21. The van der Waals surface area contributed by atoms with Gasteiger partial charge in [-0.15, -0.1) is 11.3 Å². The molecule has 0 fully saturated rings. The summed E-state index contributed by atoms with van der Waals surface area (Å²) in [6.07, 6.45) is 1.68. The van der Waals surface area contributed by atoms with E-state index >= 15 is 0 Å². The molecule has 0 aliphatic rings. The third-order valence-corrected chi connectivity index (χ3v) is 4.13. The number of hydrogen-bond acceptors (Lipinski definition) is 4. The van der Waals surface area contributed by atoms with Gasteiger partial charge in [0.2, 0.25) is 0 Å². The second-order valence-corrected chi connectivity index (χ2v) is 5.90. The van der Waals surface area contributed by atoms with Crippen LogP contribution in [0.15, 0.2) is 54.0 Å². The largest absolute Gasteiger partial charge is 0.494 e. The normalized spacial score (nSPS) is 10.5. The fraction of sp³-hybridized carbons (Fsp3) is 0.176. The number of nitrogens with zero attached hydrogens (tertiary/aromatic N) is 2. The molecule has 23 heavy (non-hydrogen) atoms. The number of aromatic nitrogens is 2. The van der Waals surface area contributed by atoms with Crippen LogP contribution in [-0.2, 0) is 6.54 Å².